The minimum Gasteiger partial charge on any atom is -0.201 e. The Labute approximate surface area is 428 Å². The molecule has 0 saturated heterocycles. The van der Waals surface area contributed by atoms with E-state index in [1.807, 2.05) is 183 Å². The van der Waals surface area contributed by atoms with Crippen LogP contribution in [0.15, 0.2) is 170 Å². The van der Waals surface area contributed by atoms with Crippen LogP contribution in [-0.2, 0) is 40.9 Å². The molecule has 0 amide bonds. The van der Waals surface area contributed by atoms with Crippen LogP contribution in [-0.4, -0.2) is 0 Å². The van der Waals surface area contributed by atoms with Gasteiger partial charge in [-0.05, 0) is 147 Å². The van der Waals surface area contributed by atoms with Crippen LogP contribution in [0.3, 0.4) is 0 Å². The standard InChI is InChI=1S/C17H22N.C16H20N.C15H18N.C14H16N/c1-13(2)11-15-8-9-16(14(3)12-15)17-7-5-6-10-18(17)4;1-12(2)14-8-9-15(13(3)11-14)16-7-5-6-10-17(16)4;1-4-13-8-9-14(12(2)11-13)15-7-5-6-10-16(15)3;1-11-7-8-13(12(2)10-11)14-6-4-5-9-15(14)3/h5-10,12-13H,11H2,1-4H3;5-12H,1-4H3;5-11H,4H2,1-3H3;4-10H,1-3H3/q4*+1/i1D3,2D3,11D2,13D;1D3,12D;1D3,4D2;1D3. The third kappa shape index (κ3) is 13.7. The highest BCUT2D eigenvalue weighted by Gasteiger charge is 2.15. The molecule has 8 aromatic rings. The van der Waals surface area contributed by atoms with Crippen molar-refractivity contribution in [2.75, 3.05) is 0 Å². The van der Waals surface area contributed by atoms with Gasteiger partial charge < -0.3 is 0 Å². The van der Waals surface area contributed by atoms with Crippen LogP contribution < -0.4 is 18.3 Å². The molecule has 340 valence electrons. The van der Waals surface area contributed by atoms with Gasteiger partial charge in [0.2, 0.25) is 22.8 Å². The molecule has 0 fully saturated rings. The summed E-state index contributed by atoms with van der Waals surface area (Å²) in [6.45, 7) is -4.84. The minimum atomic E-state index is -3.35. The SMILES string of the molecule is [2H]C([2H])([2H])C([2H])(C([2H])([2H])[2H])C([2H])([2H])c1ccc(-c2cccc[n+]2C)c(C)c1.[2H]C([2H])([2H])C([2H])(C)c1ccc(-c2cccc[n+]2C)c(C)c1.[2H]C([2H])([2H])C([2H])([2H])c1ccc(-c2cccc[n+]2C)c(C)c1.[2H]C([2H])([2H])c1ccc(-c2cccc[n+]2C)c(C)c1. The number of aryl methyl sites for hydroxylation is 10. The largest absolute Gasteiger partial charge is 0.212 e. The van der Waals surface area contributed by atoms with E-state index < -0.39 is 58.8 Å². The van der Waals surface area contributed by atoms with Crippen LogP contribution in [0.25, 0.3) is 45.0 Å². The first-order chi connectivity index (χ1) is 39.8. The number of aromatic nitrogens is 4. The van der Waals surface area contributed by atoms with Crippen LogP contribution in [0.2, 0.25) is 0 Å². The van der Waals surface area contributed by atoms with Crippen molar-refractivity contribution in [2.45, 2.75) is 87.5 Å². The Morgan fingerprint density at radius 1 is 0.470 bits per heavy atom. The molecule has 1 unspecified atom stereocenters. The van der Waals surface area contributed by atoms with E-state index in [4.69, 9.17) is 28.8 Å². The van der Waals surface area contributed by atoms with Gasteiger partial charge in [-0.2, -0.15) is 0 Å². The lowest BCUT2D eigenvalue weighted by Gasteiger charge is -2.09. The maximum absolute atomic E-state index is 8.30. The fourth-order valence-electron chi connectivity index (χ4n) is 7.55. The summed E-state index contributed by atoms with van der Waals surface area (Å²) in [5, 5.41) is 0. The summed E-state index contributed by atoms with van der Waals surface area (Å²) in [6.07, 6.45) is 2.47. The molecule has 4 aromatic carbocycles. The molecule has 4 heteroatoms. The first kappa shape index (κ1) is 28.5. The van der Waals surface area contributed by atoms with Gasteiger partial charge in [-0.15, -0.1) is 0 Å². The molecular weight excluding hydrogens is 801 g/mol. The Balaban J connectivity index is 0.000000214. The molecule has 0 aliphatic heterocycles. The smallest absolute Gasteiger partial charge is 0.201 e. The van der Waals surface area contributed by atoms with E-state index in [1.54, 1.807) is 49.4 Å². The van der Waals surface area contributed by atoms with Crippen molar-refractivity contribution in [3.63, 3.8) is 0 Å². The molecule has 0 aliphatic rings. The van der Waals surface area contributed by atoms with Crippen LogP contribution in [0, 0.1) is 40.4 Å². The number of pyridine rings is 4. The van der Waals surface area contributed by atoms with Crippen molar-refractivity contribution >= 4 is 0 Å². The van der Waals surface area contributed by atoms with Crippen LogP contribution in [0.1, 0.15) is 114 Å². The van der Waals surface area contributed by atoms with Gasteiger partial charge >= 0.3 is 0 Å². The summed E-state index contributed by atoms with van der Waals surface area (Å²) < 4.78 is 169. The first-order valence-electron chi connectivity index (χ1n) is 32.1. The second kappa shape index (κ2) is 24.1. The summed E-state index contributed by atoms with van der Waals surface area (Å²) in [7, 11) is 7.75. The van der Waals surface area contributed by atoms with Crippen LogP contribution in [0.5, 0.6) is 0 Å². The molecule has 4 nitrogen and oxygen atoms in total. The van der Waals surface area contributed by atoms with Crippen LogP contribution in [0.4, 0.5) is 0 Å². The van der Waals surface area contributed by atoms with E-state index in [0.717, 1.165) is 61.7 Å². The summed E-state index contributed by atoms with van der Waals surface area (Å²) in [5.41, 5.74) is 12.3. The third-order valence-corrected chi connectivity index (χ3v) is 11.1. The molecule has 0 bridgehead atoms. The third-order valence-electron chi connectivity index (χ3n) is 11.1. The Hall–Kier alpha value is -6.52. The van der Waals surface area contributed by atoms with Crippen molar-refractivity contribution in [3.05, 3.63) is 215 Å². The summed E-state index contributed by atoms with van der Waals surface area (Å²) in [4.78, 5) is 0. The fraction of sp³-hybridized carbons (Fsp3) is 0.290. The molecule has 0 saturated carbocycles. The van der Waals surface area contributed by atoms with E-state index in [9.17, 15) is 0 Å². The molecular formula is C62H76N4+4. The van der Waals surface area contributed by atoms with E-state index in [0.29, 0.717) is 16.7 Å². The maximum atomic E-state index is 8.30. The highest BCUT2D eigenvalue weighted by Crippen LogP contribution is 2.26. The molecule has 4 heterocycles. The van der Waals surface area contributed by atoms with Crippen molar-refractivity contribution in [2.24, 2.45) is 34.1 Å². The van der Waals surface area contributed by atoms with E-state index in [-0.39, 0.29) is 11.1 Å². The zero-order chi connectivity index (χ0) is 65.8. The van der Waals surface area contributed by atoms with Crippen molar-refractivity contribution in [1.82, 2.24) is 0 Å². The van der Waals surface area contributed by atoms with Gasteiger partial charge in [0.05, 0.1) is 0 Å². The number of nitrogens with zero attached hydrogens (tertiary/aromatic N) is 4. The van der Waals surface area contributed by atoms with E-state index in [2.05, 4.69) is 0 Å². The molecule has 8 rings (SSSR count). The predicted molar refractivity (Wildman–Crippen MR) is 278 cm³/mol. The average molecular weight is 898 g/mol. The summed E-state index contributed by atoms with van der Waals surface area (Å²) >= 11 is 0. The van der Waals surface area contributed by atoms with Crippen molar-refractivity contribution in [3.8, 4) is 45.0 Å². The first-order valence-corrected chi connectivity index (χ1v) is 21.6. The Kier molecular flexibility index (Phi) is 10.4. The minimum absolute atomic E-state index is 0.149. The zero-order valence-electron chi connectivity index (χ0n) is 60.5. The number of rotatable bonds is 8. The van der Waals surface area contributed by atoms with Gasteiger partial charge in [0.25, 0.3) is 0 Å². The molecule has 0 spiro atoms. The van der Waals surface area contributed by atoms with E-state index >= 15 is 0 Å². The highest BCUT2D eigenvalue weighted by molar-refractivity contribution is 5.64. The highest BCUT2D eigenvalue weighted by atomic mass is 14.9. The van der Waals surface area contributed by atoms with Crippen molar-refractivity contribution < 1.29 is 47.1 Å². The molecule has 66 heavy (non-hydrogen) atoms. The quantitative estimate of drug-likeness (QED) is 0.135. The normalized spacial score (nSPS) is 17.8. The molecule has 1 atom stereocenters. The maximum Gasteiger partial charge on any atom is 0.212 e. The summed E-state index contributed by atoms with van der Waals surface area (Å²) in [6, 6.07) is 43.5. The Bertz CT molecular complexity index is 3560. The van der Waals surface area contributed by atoms with Gasteiger partial charge in [-0.1, -0.05) is 88.4 Å². The average Bonchev–Trinajstić information content (AvgIpc) is 0.749. The second-order valence-electron chi connectivity index (χ2n) is 16.2. The lowest BCUT2D eigenvalue weighted by atomic mass is 9.96. The number of benzene rings is 4. The number of hydrogen-bond donors (Lipinski definition) is 0. The van der Waals surface area contributed by atoms with Gasteiger partial charge in [-0.25, -0.2) is 18.3 Å². The Morgan fingerprint density at radius 3 is 1.26 bits per heavy atom. The topological polar surface area (TPSA) is 15.5 Å². The van der Waals surface area contributed by atoms with Gasteiger partial charge in [0.15, 0.2) is 24.8 Å². The fourth-order valence-corrected chi connectivity index (χ4v) is 7.55. The second-order valence-corrected chi connectivity index (χ2v) is 16.2. The molecule has 0 N–H and O–H groups in total. The van der Waals surface area contributed by atoms with Gasteiger partial charge in [0.1, 0.15) is 28.2 Å². The molecule has 0 aliphatic carbocycles. The lowest BCUT2D eigenvalue weighted by Crippen LogP contribution is -2.30. The zero-order valence-corrected chi connectivity index (χ0v) is 39.5. The number of hydrogen-bond acceptors (Lipinski definition) is 0. The van der Waals surface area contributed by atoms with Gasteiger partial charge in [0, 0.05) is 99.6 Å². The Morgan fingerprint density at radius 2 is 0.879 bits per heavy atom. The summed E-state index contributed by atoms with van der Waals surface area (Å²) in [5.74, 6) is -4.91. The van der Waals surface area contributed by atoms with Crippen LogP contribution >= 0.6 is 0 Å². The lowest BCUT2D eigenvalue weighted by molar-refractivity contribution is -0.660. The van der Waals surface area contributed by atoms with E-state index in [1.165, 1.54) is 19.1 Å². The predicted octanol–water partition coefficient (Wildman–Crippen LogP) is 13.1. The molecule has 4 aromatic heterocycles. The monoisotopic (exact) mass is 898 g/mol. The van der Waals surface area contributed by atoms with Crippen molar-refractivity contribution in [1.29, 1.82) is 0 Å². The van der Waals surface area contributed by atoms with Gasteiger partial charge in [-0.3, -0.25) is 0 Å². The molecule has 0 radical (unpaired) electrons.